The Balaban J connectivity index is 0. The van der Waals surface area contributed by atoms with E-state index in [4.69, 9.17) is 0 Å². The average molecular weight is 189 g/mol. The van der Waals surface area contributed by atoms with Crippen LogP contribution in [0, 0.1) is 0 Å². The molecule has 1 amide bonds. The van der Waals surface area contributed by atoms with Gasteiger partial charge in [0, 0.05) is 14.0 Å². The average Bonchev–Trinajstić information content (AvgIpc) is 2.11. The quantitative estimate of drug-likeness (QED) is 0.402. The normalized spacial score (nSPS) is 8.77. The van der Waals surface area contributed by atoms with Crippen molar-refractivity contribution >= 4 is 12.1 Å². The molecule has 0 aliphatic heterocycles. The molecule has 0 aromatic rings. The first-order valence-corrected chi connectivity index (χ1v) is 3.75. The maximum Gasteiger partial charge on any atom is 0.406 e. The van der Waals surface area contributed by atoms with Crippen LogP contribution >= 0.6 is 0 Å². The molecule has 0 aromatic heterocycles. The first-order valence-electron chi connectivity index (χ1n) is 3.75. The van der Waals surface area contributed by atoms with E-state index in [1.54, 1.807) is 6.92 Å². The molecule has 0 aliphatic rings. The van der Waals surface area contributed by atoms with E-state index in [1.807, 2.05) is 0 Å². The number of ether oxygens (including phenoxy) is 2. The Hall–Kier alpha value is -1.52. The molecule has 0 atom stereocenters. The van der Waals surface area contributed by atoms with Gasteiger partial charge in [0.2, 0.25) is 0 Å². The second-order valence-corrected chi connectivity index (χ2v) is 2.30. The number of amides is 1. The molecule has 0 bridgehead atoms. The van der Waals surface area contributed by atoms with Gasteiger partial charge in [-0.25, -0.2) is 9.59 Å². The van der Waals surface area contributed by atoms with Crippen LogP contribution in [-0.4, -0.2) is 32.3 Å². The summed E-state index contributed by atoms with van der Waals surface area (Å²) in [5.74, 6) is -0.486. The van der Waals surface area contributed by atoms with Crippen molar-refractivity contribution in [1.29, 1.82) is 0 Å². The summed E-state index contributed by atoms with van der Waals surface area (Å²) in [5.41, 5.74) is 0.319. The van der Waals surface area contributed by atoms with Gasteiger partial charge in [0.15, 0.2) is 0 Å². The predicted octanol–water partition coefficient (Wildman–Crippen LogP) is 0.708. The van der Waals surface area contributed by atoms with Crippen LogP contribution in [0.5, 0.6) is 0 Å². The summed E-state index contributed by atoms with van der Waals surface area (Å²) in [4.78, 5) is 21.3. The van der Waals surface area contributed by atoms with Crippen molar-refractivity contribution in [2.24, 2.45) is 0 Å². The minimum Gasteiger partial charge on any atom is -0.459 e. The molecule has 0 radical (unpaired) electrons. The molecule has 0 aliphatic carbocycles. The molecule has 0 spiro atoms. The van der Waals surface area contributed by atoms with Crippen LogP contribution in [0.1, 0.15) is 8.35 Å². The van der Waals surface area contributed by atoms with Crippen LogP contribution in [0.15, 0.2) is 12.2 Å². The van der Waals surface area contributed by atoms with Crippen LogP contribution in [0.2, 0.25) is 0 Å². The van der Waals surface area contributed by atoms with Crippen LogP contribution < -0.4 is 5.32 Å². The van der Waals surface area contributed by atoms with Gasteiger partial charge in [-0.05, 0) is 6.92 Å². The second-order valence-electron chi connectivity index (χ2n) is 2.30. The standard InChI is InChI=1S/C8H13NO4.H2/c1-6(2)7(10)12-4-5-13-8(11)9-3;/h1,4-5H2,2-3H3,(H,9,11);1H. The molecule has 0 heterocycles. The Labute approximate surface area is 78.2 Å². The van der Waals surface area contributed by atoms with Crippen LogP contribution in [0.25, 0.3) is 0 Å². The molecule has 0 unspecified atom stereocenters. The highest BCUT2D eigenvalue weighted by atomic mass is 16.6. The minimum atomic E-state index is -0.550. The lowest BCUT2D eigenvalue weighted by molar-refractivity contribution is -0.139. The summed E-state index contributed by atoms with van der Waals surface area (Å²) in [5, 5.41) is 2.26. The first-order chi connectivity index (χ1) is 6.07. The Kier molecular flexibility index (Phi) is 5.34. The largest absolute Gasteiger partial charge is 0.459 e. The number of nitrogens with one attached hydrogen (secondary N) is 1. The molecular weight excluding hydrogens is 174 g/mol. The molecule has 0 aromatic carbocycles. The van der Waals surface area contributed by atoms with Crippen molar-refractivity contribution < 1.29 is 20.5 Å². The molecule has 1 N–H and O–H groups in total. The molecule has 0 fully saturated rings. The summed E-state index contributed by atoms with van der Waals surface area (Å²) in [6, 6.07) is 0. The number of rotatable bonds is 4. The third-order valence-electron chi connectivity index (χ3n) is 1.10. The van der Waals surface area contributed by atoms with Gasteiger partial charge < -0.3 is 14.8 Å². The number of carbonyl (C=O) groups excluding carboxylic acids is 2. The fraction of sp³-hybridized carbons (Fsp3) is 0.500. The molecule has 0 saturated carbocycles. The SMILES string of the molecule is C=C(C)C(=O)OCCOC(=O)NC.[HH]. The van der Waals surface area contributed by atoms with Gasteiger partial charge >= 0.3 is 12.1 Å². The third-order valence-corrected chi connectivity index (χ3v) is 1.10. The Morgan fingerprint density at radius 2 is 1.92 bits per heavy atom. The minimum absolute atomic E-state index is 0. The first kappa shape index (κ1) is 11.5. The van der Waals surface area contributed by atoms with E-state index in [1.165, 1.54) is 7.05 Å². The van der Waals surface area contributed by atoms with Crippen molar-refractivity contribution in [3.8, 4) is 0 Å². The highest BCUT2D eigenvalue weighted by molar-refractivity contribution is 5.86. The number of carbonyl (C=O) groups is 2. The Bertz CT molecular complexity index is 217. The number of hydrogen-bond acceptors (Lipinski definition) is 4. The van der Waals surface area contributed by atoms with Gasteiger partial charge in [-0.3, -0.25) is 0 Å². The lowest BCUT2D eigenvalue weighted by Gasteiger charge is -2.04. The number of hydrogen-bond donors (Lipinski definition) is 1. The highest BCUT2D eigenvalue weighted by Crippen LogP contribution is 1.91. The molecule has 5 nitrogen and oxygen atoms in total. The topological polar surface area (TPSA) is 64.6 Å². The van der Waals surface area contributed by atoms with Crippen molar-refractivity contribution in [3.63, 3.8) is 0 Å². The summed E-state index contributed by atoms with van der Waals surface area (Å²) in [6.07, 6.45) is -0.550. The molecule has 13 heavy (non-hydrogen) atoms. The lowest BCUT2D eigenvalue weighted by atomic mass is 10.4. The third kappa shape index (κ3) is 5.72. The van der Waals surface area contributed by atoms with Gasteiger partial charge in [0.1, 0.15) is 13.2 Å². The zero-order chi connectivity index (χ0) is 10.3. The monoisotopic (exact) mass is 189 g/mol. The van der Waals surface area contributed by atoms with E-state index in [0.29, 0.717) is 5.57 Å². The van der Waals surface area contributed by atoms with Crippen molar-refractivity contribution in [2.75, 3.05) is 20.3 Å². The molecule has 0 rings (SSSR count). The summed E-state index contributed by atoms with van der Waals surface area (Å²) in [7, 11) is 1.45. The van der Waals surface area contributed by atoms with E-state index in [2.05, 4.69) is 21.4 Å². The van der Waals surface area contributed by atoms with Gasteiger partial charge in [-0.15, -0.1) is 0 Å². The molecular formula is C8H15NO4. The maximum atomic E-state index is 10.8. The summed E-state index contributed by atoms with van der Waals surface area (Å²) < 4.78 is 9.22. The fourth-order valence-corrected chi connectivity index (χ4v) is 0.464. The van der Waals surface area contributed by atoms with Crippen LogP contribution in [-0.2, 0) is 14.3 Å². The molecule has 76 valence electrons. The summed E-state index contributed by atoms with van der Waals surface area (Å²) >= 11 is 0. The van der Waals surface area contributed by atoms with Crippen molar-refractivity contribution in [3.05, 3.63) is 12.2 Å². The number of alkyl carbamates (subject to hydrolysis) is 1. The highest BCUT2D eigenvalue weighted by Gasteiger charge is 2.03. The van der Waals surface area contributed by atoms with Gasteiger partial charge in [-0.2, -0.15) is 0 Å². The van der Waals surface area contributed by atoms with Gasteiger partial charge in [0.05, 0.1) is 0 Å². The van der Waals surface area contributed by atoms with E-state index in [0.717, 1.165) is 0 Å². The van der Waals surface area contributed by atoms with E-state index < -0.39 is 12.1 Å². The fourth-order valence-electron chi connectivity index (χ4n) is 0.464. The Morgan fingerprint density at radius 1 is 1.38 bits per heavy atom. The smallest absolute Gasteiger partial charge is 0.406 e. The van der Waals surface area contributed by atoms with Crippen molar-refractivity contribution in [1.82, 2.24) is 5.32 Å². The van der Waals surface area contributed by atoms with E-state index in [-0.39, 0.29) is 14.6 Å². The molecule has 0 saturated heterocycles. The van der Waals surface area contributed by atoms with Crippen LogP contribution in [0.3, 0.4) is 0 Å². The van der Waals surface area contributed by atoms with E-state index in [9.17, 15) is 9.59 Å². The lowest BCUT2D eigenvalue weighted by Crippen LogP contribution is -2.22. The molecule has 5 heteroatoms. The zero-order valence-electron chi connectivity index (χ0n) is 7.75. The van der Waals surface area contributed by atoms with E-state index >= 15 is 0 Å². The summed E-state index contributed by atoms with van der Waals surface area (Å²) in [6.45, 7) is 5.02. The van der Waals surface area contributed by atoms with Crippen LogP contribution in [0.4, 0.5) is 4.79 Å². The number of esters is 1. The zero-order valence-corrected chi connectivity index (χ0v) is 7.75. The maximum absolute atomic E-state index is 10.8. The Morgan fingerprint density at radius 3 is 2.38 bits per heavy atom. The second kappa shape index (κ2) is 6.05. The van der Waals surface area contributed by atoms with Gasteiger partial charge in [-0.1, -0.05) is 6.58 Å². The predicted molar refractivity (Wildman–Crippen MR) is 48.3 cm³/mol. The van der Waals surface area contributed by atoms with Gasteiger partial charge in [0.25, 0.3) is 0 Å². The van der Waals surface area contributed by atoms with Crippen molar-refractivity contribution in [2.45, 2.75) is 6.92 Å².